The van der Waals surface area contributed by atoms with Gasteiger partial charge < -0.3 is 4.74 Å². The van der Waals surface area contributed by atoms with Gasteiger partial charge in [-0.3, -0.25) is 0 Å². The molecular formula is C10H14O. The van der Waals surface area contributed by atoms with Crippen LogP contribution in [0.1, 0.15) is 26.7 Å². The fourth-order valence-corrected chi connectivity index (χ4v) is 1.78. The van der Waals surface area contributed by atoms with E-state index < -0.39 is 0 Å². The molecule has 0 aromatic rings. The highest BCUT2D eigenvalue weighted by Crippen LogP contribution is 2.34. The van der Waals surface area contributed by atoms with Crippen molar-refractivity contribution in [2.75, 3.05) is 6.61 Å². The minimum absolute atomic E-state index is 0.661. The van der Waals surface area contributed by atoms with E-state index >= 15 is 0 Å². The van der Waals surface area contributed by atoms with E-state index in [1.807, 2.05) is 0 Å². The van der Waals surface area contributed by atoms with Crippen molar-refractivity contribution in [1.29, 1.82) is 0 Å². The van der Waals surface area contributed by atoms with Gasteiger partial charge in [-0.1, -0.05) is 12.5 Å². The Labute approximate surface area is 67.7 Å². The van der Waals surface area contributed by atoms with Crippen LogP contribution in [0.3, 0.4) is 0 Å². The molecule has 1 atom stereocenters. The van der Waals surface area contributed by atoms with Crippen molar-refractivity contribution in [2.45, 2.75) is 26.7 Å². The van der Waals surface area contributed by atoms with E-state index in [9.17, 15) is 0 Å². The largest absolute Gasteiger partial charge is 0.493 e. The SMILES string of the molecule is CC1=CC2=C(CC1)C(C)CO2. The molecule has 1 heterocycles. The molecule has 1 aliphatic heterocycles. The first-order chi connectivity index (χ1) is 5.27. The van der Waals surface area contributed by atoms with Gasteiger partial charge in [-0.15, -0.1) is 0 Å². The summed E-state index contributed by atoms with van der Waals surface area (Å²) in [7, 11) is 0. The minimum Gasteiger partial charge on any atom is -0.493 e. The average Bonchev–Trinajstić information content (AvgIpc) is 2.32. The van der Waals surface area contributed by atoms with Crippen LogP contribution in [0.5, 0.6) is 0 Å². The summed E-state index contributed by atoms with van der Waals surface area (Å²) in [4.78, 5) is 0. The van der Waals surface area contributed by atoms with Gasteiger partial charge in [0.25, 0.3) is 0 Å². The average molecular weight is 150 g/mol. The Morgan fingerprint density at radius 3 is 3.09 bits per heavy atom. The molecule has 1 nitrogen and oxygen atoms in total. The lowest BCUT2D eigenvalue weighted by Gasteiger charge is -2.12. The third-order valence-corrected chi connectivity index (χ3v) is 2.57. The number of ether oxygens (including phenoxy) is 1. The summed E-state index contributed by atoms with van der Waals surface area (Å²) < 4.78 is 5.54. The minimum atomic E-state index is 0.661. The number of allylic oxidation sites excluding steroid dienone is 2. The zero-order valence-electron chi connectivity index (χ0n) is 7.18. The van der Waals surface area contributed by atoms with Gasteiger partial charge in [0.1, 0.15) is 5.76 Å². The Kier molecular flexibility index (Phi) is 1.52. The van der Waals surface area contributed by atoms with Crippen LogP contribution in [0.2, 0.25) is 0 Å². The second kappa shape index (κ2) is 2.40. The maximum absolute atomic E-state index is 5.54. The Balaban J connectivity index is 2.30. The quantitative estimate of drug-likeness (QED) is 0.516. The van der Waals surface area contributed by atoms with Gasteiger partial charge in [0, 0.05) is 5.92 Å². The van der Waals surface area contributed by atoms with Crippen molar-refractivity contribution in [3.05, 3.63) is 23.0 Å². The second-order valence-electron chi connectivity index (χ2n) is 3.59. The first kappa shape index (κ1) is 6.96. The molecule has 60 valence electrons. The van der Waals surface area contributed by atoms with E-state index in [-0.39, 0.29) is 0 Å². The van der Waals surface area contributed by atoms with E-state index in [0.717, 1.165) is 6.61 Å². The second-order valence-corrected chi connectivity index (χ2v) is 3.59. The van der Waals surface area contributed by atoms with Crippen LogP contribution in [-0.4, -0.2) is 6.61 Å². The highest BCUT2D eigenvalue weighted by atomic mass is 16.5. The monoisotopic (exact) mass is 150 g/mol. The first-order valence-electron chi connectivity index (χ1n) is 4.30. The lowest BCUT2D eigenvalue weighted by molar-refractivity contribution is 0.234. The van der Waals surface area contributed by atoms with Crippen molar-refractivity contribution >= 4 is 0 Å². The molecule has 1 heteroatoms. The normalized spacial score (nSPS) is 29.6. The van der Waals surface area contributed by atoms with E-state index in [2.05, 4.69) is 19.9 Å². The molecular weight excluding hydrogens is 136 g/mol. The number of hydrogen-bond donors (Lipinski definition) is 0. The summed E-state index contributed by atoms with van der Waals surface area (Å²) in [6.07, 6.45) is 4.65. The maximum atomic E-state index is 5.54. The predicted molar refractivity (Wildman–Crippen MR) is 45.1 cm³/mol. The van der Waals surface area contributed by atoms with Gasteiger partial charge in [0.2, 0.25) is 0 Å². The van der Waals surface area contributed by atoms with E-state index in [1.54, 1.807) is 0 Å². The molecule has 1 aliphatic carbocycles. The summed E-state index contributed by atoms with van der Waals surface area (Å²) in [6.45, 7) is 5.32. The Hall–Kier alpha value is -0.720. The van der Waals surface area contributed by atoms with Crippen molar-refractivity contribution < 1.29 is 4.74 Å². The lowest BCUT2D eigenvalue weighted by Crippen LogP contribution is -1.99. The fraction of sp³-hybridized carbons (Fsp3) is 0.600. The van der Waals surface area contributed by atoms with Crippen molar-refractivity contribution in [1.82, 2.24) is 0 Å². The molecule has 0 fully saturated rings. The van der Waals surface area contributed by atoms with Gasteiger partial charge >= 0.3 is 0 Å². The molecule has 1 unspecified atom stereocenters. The molecule has 2 aliphatic rings. The maximum Gasteiger partial charge on any atom is 0.118 e. The molecule has 11 heavy (non-hydrogen) atoms. The van der Waals surface area contributed by atoms with Crippen LogP contribution in [0.25, 0.3) is 0 Å². The molecule has 0 radical (unpaired) electrons. The van der Waals surface area contributed by atoms with E-state index in [0.29, 0.717) is 5.92 Å². The van der Waals surface area contributed by atoms with Gasteiger partial charge in [0.05, 0.1) is 6.61 Å². The van der Waals surface area contributed by atoms with Gasteiger partial charge in [-0.05, 0) is 31.4 Å². The molecule has 2 rings (SSSR count). The standard InChI is InChI=1S/C10H14O/c1-7-3-4-9-8(2)6-11-10(9)5-7/h5,8H,3-4,6H2,1-2H3. The Morgan fingerprint density at radius 1 is 1.45 bits per heavy atom. The smallest absolute Gasteiger partial charge is 0.118 e. The predicted octanol–water partition coefficient (Wildman–Crippen LogP) is 2.65. The molecule has 0 spiro atoms. The highest BCUT2D eigenvalue weighted by molar-refractivity contribution is 5.32. The van der Waals surface area contributed by atoms with Crippen LogP contribution in [0, 0.1) is 5.92 Å². The molecule has 0 saturated heterocycles. The van der Waals surface area contributed by atoms with Crippen molar-refractivity contribution in [3.8, 4) is 0 Å². The van der Waals surface area contributed by atoms with E-state index in [4.69, 9.17) is 4.74 Å². The first-order valence-corrected chi connectivity index (χ1v) is 4.30. The summed E-state index contributed by atoms with van der Waals surface area (Å²) in [6, 6.07) is 0. The number of rotatable bonds is 0. The van der Waals surface area contributed by atoms with Crippen LogP contribution in [0.15, 0.2) is 23.0 Å². The Bertz CT molecular complexity index is 235. The highest BCUT2D eigenvalue weighted by Gasteiger charge is 2.24. The third-order valence-electron chi connectivity index (χ3n) is 2.57. The van der Waals surface area contributed by atoms with Crippen LogP contribution in [-0.2, 0) is 4.74 Å². The molecule has 0 aromatic carbocycles. The summed E-state index contributed by atoms with van der Waals surface area (Å²) in [5, 5.41) is 0. The number of hydrogen-bond acceptors (Lipinski definition) is 1. The van der Waals surface area contributed by atoms with Crippen LogP contribution < -0.4 is 0 Å². The van der Waals surface area contributed by atoms with Crippen molar-refractivity contribution in [3.63, 3.8) is 0 Å². The summed E-state index contributed by atoms with van der Waals surface area (Å²) >= 11 is 0. The molecule has 0 amide bonds. The summed E-state index contributed by atoms with van der Waals surface area (Å²) in [5.41, 5.74) is 2.99. The third kappa shape index (κ3) is 1.09. The van der Waals surface area contributed by atoms with Gasteiger partial charge in [-0.25, -0.2) is 0 Å². The zero-order valence-corrected chi connectivity index (χ0v) is 7.18. The Morgan fingerprint density at radius 2 is 2.27 bits per heavy atom. The molecule has 0 bridgehead atoms. The van der Waals surface area contributed by atoms with E-state index in [1.165, 1.54) is 29.7 Å². The molecule has 0 saturated carbocycles. The van der Waals surface area contributed by atoms with Gasteiger partial charge in [-0.2, -0.15) is 0 Å². The van der Waals surface area contributed by atoms with Crippen LogP contribution in [0.4, 0.5) is 0 Å². The molecule has 0 N–H and O–H groups in total. The summed E-state index contributed by atoms with van der Waals surface area (Å²) in [5.74, 6) is 1.83. The van der Waals surface area contributed by atoms with Crippen LogP contribution >= 0.6 is 0 Å². The van der Waals surface area contributed by atoms with Crippen molar-refractivity contribution in [2.24, 2.45) is 5.92 Å². The lowest BCUT2D eigenvalue weighted by atomic mass is 9.92. The van der Waals surface area contributed by atoms with Gasteiger partial charge in [0.15, 0.2) is 0 Å². The topological polar surface area (TPSA) is 9.23 Å². The zero-order chi connectivity index (χ0) is 7.84. The fourth-order valence-electron chi connectivity index (χ4n) is 1.78. The molecule has 0 aromatic heterocycles.